The normalized spacial score (nSPS) is 11.8. The highest BCUT2D eigenvalue weighted by Crippen LogP contribution is 2.35. The number of H-pyrrole nitrogens is 1. The Labute approximate surface area is 127 Å². The number of fused-ring (bicyclic) bond motifs is 1. The number of benzene rings is 1. The lowest BCUT2D eigenvalue weighted by Crippen LogP contribution is -2.23. The summed E-state index contributed by atoms with van der Waals surface area (Å²) >= 11 is 0. The van der Waals surface area contributed by atoms with Crippen molar-refractivity contribution >= 4 is 22.7 Å². The molecule has 0 fully saturated rings. The number of nitrogens with zero attached hydrogens (tertiary/aromatic N) is 3. The third-order valence-corrected chi connectivity index (χ3v) is 3.04. The Morgan fingerprint density at radius 2 is 1.95 bits per heavy atom. The van der Waals surface area contributed by atoms with Crippen LogP contribution in [0.4, 0.5) is 11.8 Å². The van der Waals surface area contributed by atoms with E-state index < -0.39 is 0 Å². The van der Waals surface area contributed by atoms with Crippen LogP contribution in [-0.4, -0.2) is 25.8 Å². The second kappa shape index (κ2) is 4.87. The Hall–Kier alpha value is -2.83. The number of hydrogen-bond acceptors (Lipinski definition) is 6. The average Bonchev–Trinajstić information content (AvgIpc) is 2.79. The number of nitrogen functional groups attached to an aromatic ring is 2. The molecule has 7 nitrogen and oxygen atoms in total. The van der Waals surface area contributed by atoms with Gasteiger partial charge in [-0.2, -0.15) is 5.10 Å². The van der Waals surface area contributed by atoms with Gasteiger partial charge in [0.25, 0.3) is 0 Å². The predicted molar refractivity (Wildman–Crippen MR) is 86.3 cm³/mol. The summed E-state index contributed by atoms with van der Waals surface area (Å²) in [6.45, 7) is 5.93. The summed E-state index contributed by atoms with van der Waals surface area (Å²) in [7, 11) is 0. The van der Waals surface area contributed by atoms with Gasteiger partial charge in [-0.1, -0.05) is 0 Å². The van der Waals surface area contributed by atoms with E-state index in [0.717, 1.165) is 16.5 Å². The fraction of sp³-hybridized carbons (Fsp3) is 0.267. The Morgan fingerprint density at radius 3 is 2.64 bits per heavy atom. The molecule has 3 rings (SSSR count). The van der Waals surface area contributed by atoms with E-state index in [1.54, 1.807) is 12.3 Å². The van der Waals surface area contributed by atoms with Gasteiger partial charge < -0.3 is 16.2 Å². The van der Waals surface area contributed by atoms with E-state index in [4.69, 9.17) is 16.2 Å². The molecule has 0 bridgehead atoms. The van der Waals surface area contributed by atoms with Crippen LogP contribution in [0, 0.1) is 0 Å². The summed E-state index contributed by atoms with van der Waals surface area (Å²) in [6.07, 6.45) is 1.62. The van der Waals surface area contributed by atoms with Gasteiger partial charge in [0.15, 0.2) is 5.82 Å². The standard InChI is InChI=1S/C15H18N6O/c1-15(2,3)22-11-7-8(9-4-5-18-14(17)19-9)6-10-12(11)13(16)21-20-10/h4-7H,1-3H3,(H3,16,20,21)(H2,17,18,19). The third kappa shape index (κ3) is 2.65. The molecule has 7 heteroatoms. The van der Waals surface area contributed by atoms with E-state index in [-0.39, 0.29) is 11.5 Å². The number of anilines is 2. The van der Waals surface area contributed by atoms with Crippen LogP contribution >= 0.6 is 0 Å². The Kier molecular flexibility index (Phi) is 3.13. The summed E-state index contributed by atoms with van der Waals surface area (Å²) < 4.78 is 6.03. The van der Waals surface area contributed by atoms with E-state index in [1.807, 2.05) is 32.9 Å². The molecular formula is C15H18N6O. The molecule has 1 aromatic carbocycles. The van der Waals surface area contributed by atoms with Crippen molar-refractivity contribution in [2.24, 2.45) is 0 Å². The number of aromatic nitrogens is 4. The van der Waals surface area contributed by atoms with Crippen LogP contribution in [0.1, 0.15) is 20.8 Å². The minimum atomic E-state index is -0.361. The van der Waals surface area contributed by atoms with Gasteiger partial charge in [0.05, 0.1) is 16.6 Å². The van der Waals surface area contributed by atoms with Crippen LogP contribution in [0.15, 0.2) is 24.4 Å². The molecule has 0 aliphatic carbocycles. The van der Waals surface area contributed by atoms with Crippen LogP contribution in [0.3, 0.4) is 0 Å². The van der Waals surface area contributed by atoms with Crippen LogP contribution in [0.2, 0.25) is 0 Å². The molecule has 0 atom stereocenters. The van der Waals surface area contributed by atoms with Crippen molar-refractivity contribution in [3.05, 3.63) is 24.4 Å². The first-order valence-corrected chi connectivity index (χ1v) is 6.89. The molecule has 0 aliphatic heterocycles. The van der Waals surface area contributed by atoms with Gasteiger partial charge in [0.2, 0.25) is 5.95 Å². The van der Waals surface area contributed by atoms with Crippen molar-refractivity contribution in [3.63, 3.8) is 0 Å². The maximum atomic E-state index is 6.03. The fourth-order valence-corrected chi connectivity index (χ4v) is 2.24. The van der Waals surface area contributed by atoms with E-state index in [1.165, 1.54) is 0 Å². The fourth-order valence-electron chi connectivity index (χ4n) is 2.24. The molecule has 0 radical (unpaired) electrons. The molecule has 0 saturated carbocycles. The van der Waals surface area contributed by atoms with Gasteiger partial charge in [-0.15, -0.1) is 0 Å². The Morgan fingerprint density at radius 1 is 1.18 bits per heavy atom. The van der Waals surface area contributed by atoms with Crippen LogP contribution in [0.5, 0.6) is 5.75 Å². The zero-order valence-electron chi connectivity index (χ0n) is 12.7. The number of rotatable bonds is 2. The SMILES string of the molecule is CC(C)(C)Oc1cc(-c2ccnc(N)n2)cc2[nH]nc(N)c12. The zero-order chi connectivity index (χ0) is 15.9. The molecule has 3 aromatic rings. The molecule has 0 spiro atoms. The molecule has 22 heavy (non-hydrogen) atoms. The van der Waals surface area contributed by atoms with Gasteiger partial charge >= 0.3 is 0 Å². The van der Waals surface area contributed by atoms with Crippen LogP contribution in [0.25, 0.3) is 22.2 Å². The molecule has 0 amide bonds. The average molecular weight is 298 g/mol. The number of ether oxygens (including phenoxy) is 1. The maximum Gasteiger partial charge on any atom is 0.220 e. The molecule has 0 saturated heterocycles. The van der Waals surface area contributed by atoms with E-state index in [2.05, 4.69) is 20.2 Å². The smallest absolute Gasteiger partial charge is 0.220 e. The van der Waals surface area contributed by atoms with Crippen molar-refractivity contribution in [3.8, 4) is 17.0 Å². The lowest BCUT2D eigenvalue weighted by atomic mass is 10.1. The van der Waals surface area contributed by atoms with Crippen LogP contribution in [-0.2, 0) is 0 Å². The van der Waals surface area contributed by atoms with Crippen molar-refractivity contribution in [1.29, 1.82) is 0 Å². The molecule has 2 heterocycles. The van der Waals surface area contributed by atoms with E-state index in [0.29, 0.717) is 17.3 Å². The highest BCUT2D eigenvalue weighted by molar-refractivity contribution is 5.97. The van der Waals surface area contributed by atoms with Gasteiger partial charge in [-0.25, -0.2) is 9.97 Å². The number of nitrogens with two attached hydrogens (primary N) is 2. The highest BCUT2D eigenvalue weighted by Gasteiger charge is 2.18. The number of hydrogen-bond donors (Lipinski definition) is 3. The Balaban J connectivity index is 2.21. The van der Waals surface area contributed by atoms with Gasteiger partial charge in [-0.3, -0.25) is 5.10 Å². The maximum absolute atomic E-state index is 6.03. The molecule has 5 N–H and O–H groups in total. The van der Waals surface area contributed by atoms with E-state index >= 15 is 0 Å². The number of aromatic amines is 1. The zero-order valence-corrected chi connectivity index (χ0v) is 12.7. The Bertz CT molecular complexity index is 834. The molecular weight excluding hydrogens is 280 g/mol. The molecule has 114 valence electrons. The van der Waals surface area contributed by atoms with Crippen molar-refractivity contribution < 1.29 is 4.74 Å². The van der Waals surface area contributed by atoms with E-state index in [9.17, 15) is 0 Å². The van der Waals surface area contributed by atoms with Gasteiger partial charge in [0.1, 0.15) is 11.4 Å². The van der Waals surface area contributed by atoms with Gasteiger partial charge in [0, 0.05) is 11.8 Å². The number of nitrogens with one attached hydrogen (secondary N) is 1. The third-order valence-electron chi connectivity index (χ3n) is 3.04. The lowest BCUT2D eigenvalue weighted by Gasteiger charge is -2.22. The highest BCUT2D eigenvalue weighted by atomic mass is 16.5. The molecule has 0 aliphatic rings. The minimum absolute atomic E-state index is 0.222. The van der Waals surface area contributed by atoms with Crippen molar-refractivity contribution in [2.75, 3.05) is 11.5 Å². The quantitative estimate of drug-likeness (QED) is 0.669. The lowest BCUT2D eigenvalue weighted by molar-refractivity contribution is 0.133. The van der Waals surface area contributed by atoms with Crippen molar-refractivity contribution in [2.45, 2.75) is 26.4 Å². The topological polar surface area (TPSA) is 116 Å². The summed E-state index contributed by atoms with van der Waals surface area (Å²) in [6, 6.07) is 5.59. The second-order valence-electron chi connectivity index (χ2n) is 6.02. The van der Waals surface area contributed by atoms with Crippen molar-refractivity contribution in [1.82, 2.24) is 20.2 Å². The summed E-state index contributed by atoms with van der Waals surface area (Å²) in [5, 5.41) is 7.73. The van der Waals surface area contributed by atoms with Gasteiger partial charge in [-0.05, 0) is 39.0 Å². The minimum Gasteiger partial charge on any atom is -0.487 e. The second-order valence-corrected chi connectivity index (χ2v) is 6.02. The monoisotopic (exact) mass is 298 g/mol. The first kappa shape index (κ1) is 14.1. The molecule has 2 aromatic heterocycles. The summed E-state index contributed by atoms with van der Waals surface area (Å²) in [5.74, 6) is 1.28. The molecule has 0 unspecified atom stereocenters. The van der Waals surface area contributed by atoms with Crippen LogP contribution < -0.4 is 16.2 Å². The summed E-state index contributed by atoms with van der Waals surface area (Å²) in [4.78, 5) is 8.15. The first-order chi connectivity index (χ1) is 10.3. The predicted octanol–water partition coefficient (Wildman–Crippen LogP) is 2.36. The largest absolute Gasteiger partial charge is 0.487 e. The summed E-state index contributed by atoms with van der Waals surface area (Å²) in [5.41, 5.74) is 13.6. The first-order valence-electron chi connectivity index (χ1n) is 6.89.